The van der Waals surface area contributed by atoms with Crippen LogP contribution in [0.1, 0.15) is 88.1 Å². The van der Waals surface area contributed by atoms with Gasteiger partial charge in [-0.1, -0.05) is 47.6 Å². The molecule has 0 bridgehead atoms. The minimum atomic E-state index is 0.382. The van der Waals surface area contributed by atoms with Crippen LogP contribution in [0.15, 0.2) is 6.07 Å². The second kappa shape index (κ2) is 3.87. The van der Waals surface area contributed by atoms with Crippen molar-refractivity contribution in [3.8, 4) is 0 Å². The molecule has 2 aliphatic rings. The van der Waals surface area contributed by atoms with Gasteiger partial charge in [-0.15, -0.1) is 0 Å². The summed E-state index contributed by atoms with van der Waals surface area (Å²) in [4.78, 5) is 0. The quantitative estimate of drug-likeness (QED) is 0.643. The summed E-state index contributed by atoms with van der Waals surface area (Å²) < 4.78 is 0. The summed E-state index contributed by atoms with van der Waals surface area (Å²) in [5, 5.41) is 0. The molecule has 0 fully saturated rings. The number of hydrogen-bond donors (Lipinski definition) is 0. The van der Waals surface area contributed by atoms with Crippen molar-refractivity contribution < 1.29 is 0 Å². The highest BCUT2D eigenvalue weighted by Crippen LogP contribution is 2.50. The first kappa shape index (κ1) is 13.2. The van der Waals surface area contributed by atoms with Crippen LogP contribution in [0.4, 0.5) is 0 Å². The molecule has 0 amide bonds. The van der Waals surface area contributed by atoms with Gasteiger partial charge in [0, 0.05) is 0 Å². The minimum Gasteiger partial charge on any atom is -0.0587 e. The topological polar surface area (TPSA) is 0 Å². The second-order valence-electron chi connectivity index (χ2n) is 8.27. The van der Waals surface area contributed by atoms with E-state index in [0.29, 0.717) is 16.7 Å². The Morgan fingerprint density at radius 3 is 2.11 bits per heavy atom. The van der Waals surface area contributed by atoms with Crippen LogP contribution in [0, 0.1) is 0 Å². The molecule has 0 nitrogen and oxygen atoms in total. The van der Waals surface area contributed by atoms with E-state index in [-0.39, 0.29) is 0 Å². The number of fused-ring (bicyclic) bond motifs is 3. The molecule has 0 spiro atoms. The zero-order valence-corrected chi connectivity index (χ0v) is 13.5. The first-order chi connectivity index (χ1) is 8.74. The molecule has 1 aromatic carbocycles. The van der Waals surface area contributed by atoms with Crippen molar-refractivity contribution in [2.24, 2.45) is 0 Å². The maximum atomic E-state index is 2.56. The molecule has 0 aliphatic heterocycles. The number of benzene rings is 1. The Hall–Kier alpha value is -0.780. The van der Waals surface area contributed by atoms with Crippen molar-refractivity contribution in [2.45, 2.75) is 84.0 Å². The monoisotopic (exact) mass is 256 g/mol. The predicted octanol–water partition coefficient (Wildman–Crippen LogP) is 5.26. The molecule has 0 radical (unpaired) electrons. The van der Waals surface area contributed by atoms with Crippen LogP contribution < -0.4 is 0 Å². The Bertz CT molecular complexity index is 529. The molecule has 2 aliphatic carbocycles. The maximum absolute atomic E-state index is 2.56. The van der Waals surface area contributed by atoms with Gasteiger partial charge in [0.15, 0.2) is 0 Å². The lowest BCUT2D eigenvalue weighted by molar-refractivity contribution is 0.516. The summed E-state index contributed by atoms with van der Waals surface area (Å²) in [5.74, 6) is 0.657. The van der Waals surface area contributed by atoms with E-state index in [1.807, 2.05) is 0 Å². The molecule has 3 rings (SSSR count). The third kappa shape index (κ3) is 1.79. The highest BCUT2D eigenvalue weighted by atomic mass is 14.4. The standard InChI is InChI=1S/C19H28/c1-12(2)15-11-16-14(8-9-18(16,3)4)17-13(15)7-10-19(17,5)6/h11-12H,7-10H2,1-6H3. The summed E-state index contributed by atoms with van der Waals surface area (Å²) in [6.07, 6.45) is 5.25. The zero-order chi connectivity index (χ0) is 14.0. The molecule has 0 unspecified atom stereocenters. The molecule has 0 atom stereocenters. The van der Waals surface area contributed by atoms with Crippen molar-refractivity contribution in [3.63, 3.8) is 0 Å². The van der Waals surface area contributed by atoms with Crippen LogP contribution in [0.2, 0.25) is 0 Å². The molecule has 1 aromatic rings. The minimum absolute atomic E-state index is 0.382. The maximum Gasteiger partial charge on any atom is -0.00947 e. The van der Waals surface area contributed by atoms with E-state index in [9.17, 15) is 0 Å². The van der Waals surface area contributed by atoms with Gasteiger partial charge in [0.05, 0.1) is 0 Å². The van der Waals surface area contributed by atoms with Gasteiger partial charge < -0.3 is 0 Å². The Morgan fingerprint density at radius 2 is 1.47 bits per heavy atom. The fraction of sp³-hybridized carbons (Fsp3) is 0.684. The third-order valence-electron chi connectivity index (χ3n) is 5.60. The first-order valence-electron chi connectivity index (χ1n) is 7.93. The lowest BCUT2D eigenvalue weighted by Crippen LogP contribution is -2.17. The summed E-state index contributed by atoms with van der Waals surface area (Å²) in [5.41, 5.74) is 9.22. The highest BCUT2D eigenvalue weighted by Gasteiger charge is 2.40. The third-order valence-corrected chi connectivity index (χ3v) is 5.60. The first-order valence-corrected chi connectivity index (χ1v) is 7.93. The SMILES string of the molecule is CC(C)c1cc2c(c3c1CCC3(C)C)CCC2(C)C. The second-order valence-corrected chi connectivity index (χ2v) is 8.27. The smallest absolute Gasteiger partial charge is 0.00947 e. The Kier molecular flexibility index (Phi) is 2.69. The van der Waals surface area contributed by atoms with E-state index in [1.165, 1.54) is 25.7 Å². The lowest BCUT2D eigenvalue weighted by atomic mass is 9.77. The summed E-state index contributed by atoms with van der Waals surface area (Å²) in [6.45, 7) is 14.5. The number of hydrogen-bond acceptors (Lipinski definition) is 0. The van der Waals surface area contributed by atoms with E-state index in [2.05, 4.69) is 47.6 Å². The van der Waals surface area contributed by atoms with E-state index >= 15 is 0 Å². The van der Waals surface area contributed by atoms with Crippen molar-refractivity contribution in [1.82, 2.24) is 0 Å². The van der Waals surface area contributed by atoms with Crippen molar-refractivity contribution in [1.29, 1.82) is 0 Å². The van der Waals surface area contributed by atoms with Gasteiger partial charge in [0.2, 0.25) is 0 Å². The molecular weight excluding hydrogens is 228 g/mol. The molecule has 0 saturated heterocycles. The molecule has 0 aromatic heterocycles. The molecule has 19 heavy (non-hydrogen) atoms. The van der Waals surface area contributed by atoms with Gasteiger partial charge in [-0.2, -0.15) is 0 Å². The van der Waals surface area contributed by atoms with Gasteiger partial charge in [-0.25, -0.2) is 0 Å². The average Bonchev–Trinajstić information content (AvgIpc) is 2.76. The molecule has 0 heterocycles. The highest BCUT2D eigenvalue weighted by molar-refractivity contribution is 5.57. The Labute approximate surface area is 118 Å². The fourth-order valence-corrected chi connectivity index (χ4v) is 4.39. The fourth-order valence-electron chi connectivity index (χ4n) is 4.39. The van der Waals surface area contributed by atoms with E-state index in [4.69, 9.17) is 0 Å². The van der Waals surface area contributed by atoms with E-state index in [1.54, 1.807) is 27.8 Å². The molecule has 0 saturated carbocycles. The normalized spacial score (nSPS) is 22.7. The van der Waals surface area contributed by atoms with Crippen molar-refractivity contribution in [2.75, 3.05) is 0 Å². The van der Waals surface area contributed by atoms with Gasteiger partial charge >= 0.3 is 0 Å². The van der Waals surface area contributed by atoms with E-state index < -0.39 is 0 Å². The van der Waals surface area contributed by atoms with Crippen LogP contribution in [0.25, 0.3) is 0 Å². The summed E-state index contributed by atoms with van der Waals surface area (Å²) in [6, 6.07) is 2.56. The molecule has 0 N–H and O–H groups in total. The van der Waals surface area contributed by atoms with Crippen LogP contribution in [-0.2, 0) is 23.7 Å². The lowest BCUT2D eigenvalue weighted by Gasteiger charge is -2.27. The van der Waals surface area contributed by atoms with Crippen LogP contribution >= 0.6 is 0 Å². The number of rotatable bonds is 1. The summed E-state index contributed by atoms with van der Waals surface area (Å²) >= 11 is 0. The van der Waals surface area contributed by atoms with Crippen molar-refractivity contribution in [3.05, 3.63) is 33.9 Å². The van der Waals surface area contributed by atoms with Gasteiger partial charge in [0.25, 0.3) is 0 Å². The summed E-state index contributed by atoms with van der Waals surface area (Å²) in [7, 11) is 0. The average molecular weight is 256 g/mol. The van der Waals surface area contributed by atoms with Gasteiger partial charge in [0.1, 0.15) is 0 Å². The molecule has 0 heteroatoms. The Balaban J connectivity index is 2.33. The van der Waals surface area contributed by atoms with Crippen LogP contribution in [-0.4, -0.2) is 0 Å². The van der Waals surface area contributed by atoms with Crippen LogP contribution in [0.5, 0.6) is 0 Å². The van der Waals surface area contributed by atoms with Crippen molar-refractivity contribution >= 4 is 0 Å². The predicted molar refractivity (Wildman–Crippen MR) is 83.2 cm³/mol. The van der Waals surface area contributed by atoms with E-state index in [0.717, 1.165) is 0 Å². The van der Waals surface area contributed by atoms with Gasteiger partial charge in [-0.3, -0.25) is 0 Å². The zero-order valence-electron chi connectivity index (χ0n) is 13.5. The van der Waals surface area contributed by atoms with Crippen LogP contribution in [0.3, 0.4) is 0 Å². The van der Waals surface area contributed by atoms with Gasteiger partial charge in [-0.05, 0) is 70.2 Å². The molecule has 104 valence electrons. The Morgan fingerprint density at radius 1 is 0.895 bits per heavy atom. The largest absolute Gasteiger partial charge is 0.0587 e. The molecular formula is C19H28.